The monoisotopic (exact) mass is 336 g/mol. The minimum absolute atomic E-state index is 0.222. The van der Waals surface area contributed by atoms with E-state index in [4.69, 9.17) is 0 Å². The maximum Gasteiger partial charge on any atom is 0.228 e. The van der Waals surface area contributed by atoms with Crippen LogP contribution in [0.1, 0.15) is 19.3 Å². The predicted molar refractivity (Wildman–Crippen MR) is 100 cm³/mol. The van der Waals surface area contributed by atoms with Gasteiger partial charge in [-0.15, -0.1) is 0 Å². The van der Waals surface area contributed by atoms with Crippen LogP contribution >= 0.6 is 0 Å². The summed E-state index contributed by atoms with van der Waals surface area (Å²) in [5.41, 5.74) is 2.05. The zero-order valence-corrected chi connectivity index (χ0v) is 14.5. The molecule has 0 spiro atoms. The smallest absolute Gasteiger partial charge is 0.228 e. The zero-order chi connectivity index (χ0) is 17.1. The molecule has 0 bridgehead atoms. The Labute approximate surface area is 148 Å². The maximum absolute atomic E-state index is 12.8. The van der Waals surface area contributed by atoms with E-state index in [0.29, 0.717) is 13.0 Å². The van der Waals surface area contributed by atoms with Gasteiger partial charge < -0.3 is 14.7 Å². The molecule has 130 valence electrons. The molecule has 5 heteroatoms. The first-order valence-corrected chi connectivity index (χ1v) is 9.13. The van der Waals surface area contributed by atoms with Crippen molar-refractivity contribution in [2.45, 2.75) is 19.3 Å². The van der Waals surface area contributed by atoms with Crippen LogP contribution < -0.4 is 9.80 Å². The van der Waals surface area contributed by atoms with Crippen LogP contribution in [-0.4, -0.2) is 48.5 Å². The number of nitrogens with zero attached hydrogens (tertiary/aromatic N) is 4. The molecule has 0 radical (unpaired) electrons. The fraction of sp³-hybridized carbons (Fsp3) is 0.400. The summed E-state index contributed by atoms with van der Waals surface area (Å²) in [5.74, 6) is 1.15. The summed E-state index contributed by atoms with van der Waals surface area (Å²) >= 11 is 0. The Morgan fingerprint density at radius 3 is 2.44 bits per heavy atom. The van der Waals surface area contributed by atoms with E-state index in [-0.39, 0.29) is 5.91 Å². The molecule has 0 saturated carbocycles. The van der Waals surface area contributed by atoms with Crippen molar-refractivity contribution in [1.82, 2.24) is 9.88 Å². The van der Waals surface area contributed by atoms with Crippen molar-refractivity contribution in [3.63, 3.8) is 0 Å². The van der Waals surface area contributed by atoms with Crippen molar-refractivity contribution >= 4 is 23.1 Å². The van der Waals surface area contributed by atoms with Crippen LogP contribution in [0.15, 0.2) is 48.7 Å². The Balaban J connectivity index is 1.53. The molecule has 2 aliphatic rings. The van der Waals surface area contributed by atoms with Gasteiger partial charge >= 0.3 is 0 Å². The molecular formula is C20H24N4O. The lowest BCUT2D eigenvalue weighted by molar-refractivity contribution is -0.118. The van der Waals surface area contributed by atoms with Crippen LogP contribution in [0.2, 0.25) is 0 Å². The van der Waals surface area contributed by atoms with Crippen LogP contribution in [0.5, 0.6) is 0 Å². The molecule has 0 unspecified atom stereocenters. The maximum atomic E-state index is 12.8. The van der Waals surface area contributed by atoms with E-state index in [1.165, 1.54) is 12.8 Å². The predicted octanol–water partition coefficient (Wildman–Crippen LogP) is 3.05. The Hall–Kier alpha value is -2.40. The number of hydrogen-bond acceptors (Lipinski definition) is 4. The second-order valence-corrected chi connectivity index (χ2v) is 6.67. The minimum atomic E-state index is 0.222. The molecule has 25 heavy (non-hydrogen) atoms. The summed E-state index contributed by atoms with van der Waals surface area (Å²) in [7, 11) is 0. The molecule has 1 amide bonds. The highest BCUT2D eigenvalue weighted by molar-refractivity contribution is 5.98. The van der Waals surface area contributed by atoms with Gasteiger partial charge in [-0.25, -0.2) is 4.98 Å². The van der Waals surface area contributed by atoms with E-state index in [9.17, 15) is 4.79 Å². The van der Waals surface area contributed by atoms with E-state index in [0.717, 1.165) is 43.4 Å². The number of rotatable bonds is 4. The van der Waals surface area contributed by atoms with Crippen molar-refractivity contribution in [1.29, 1.82) is 0 Å². The van der Waals surface area contributed by atoms with Gasteiger partial charge in [-0.2, -0.15) is 0 Å². The fourth-order valence-corrected chi connectivity index (χ4v) is 3.77. The largest absolute Gasteiger partial charge is 0.323 e. The van der Waals surface area contributed by atoms with Gasteiger partial charge in [0.25, 0.3) is 0 Å². The number of para-hydroxylation sites is 2. The third-order valence-corrected chi connectivity index (χ3v) is 5.08. The second-order valence-electron chi connectivity index (χ2n) is 6.67. The van der Waals surface area contributed by atoms with Crippen LogP contribution in [0, 0.1) is 0 Å². The summed E-state index contributed by atoms with van der Waals surface area (Å²) in [6, 6.07) is 14.1. The summed E-state index contributed by atoms with van der Waals surface area (Å²) in [6.45, 7) is 4.62. The number of fused-ring (bicyclic) bond motifs is 1. The summed E-state index contributed by atoms with van der Waals surface area (Å²) in [4.78, 5) is 23.8. The molecule has 5 nitrogen and oxygen atoms in total. The van der Waals surface area contributed by atoms with Gasteiger partial charge in [-0.1, -0.05) is 18.2 Å². The molecule has 1 aromatic carbocycles. The first kappa shape index (κ1) is 16.1. The Kier molecular flexibility index (Phi) is 4.65. The number of carbonyl (C=O) groups is 1. The van der Waals surface area contributed by atoms with Crippen LogP contribution in [0.4, 0.5) is 17.2 Å². The number of amides is 1. The first-order valence-electron chi connectivity index (χ1n) is 9.13. The lowest BCUT2D eigenvalue weighted by atomic mass is 10.1. The molecule has 0 N–H and O–H groups in total. The number of hydrogen-bond donors (Lipinski definition) is 0. The molecule has 3 heterocycles. The number of aromatic nitrogens is 1. The van der Waals surface area contributed by atoms with Crippen molar-refractivity contribution in [3.05, 3.63) is 48.7 Å². The highest BCUT2D eigenvalue weighted by atomic mass is 16.2. The number of pyridine rings is 1. The molecule has 4 rings (SSSR count). The summed E-state index contributed by atoms with van der Waals surface area (Å²) in [6.07, 6.45) is 4.93. The third-order valence-electron chi connectivity index (χ3n) is 5.08. The summed E-state index contributed by atoms with van der Waals surface area (Å²) < 4.78 is 0. The molecule has 1 fully saturated rings. The molecular weight excluding hydrogens is 312 g/mol. The highest BCUT2D eigenvalue weighted by Gasteiger charge is 2.28. The van der Waals surface area contributed by atoms with E-state index >= 15 is 0 Å². The lowest BCUT2D eigenvalue weighted by Crippen LogP contribution is -2.43. The van der Waals surface area contributed by atoms with Gasteiger partial charge in [-0.3, -0.25) is 4.79 Å². The fourth-order valence-electron chi connectivity index (χ4n) is 3.77. The average molecular weight is 336 g/mol. The van der Waals surface area contributed by atoms with Gasteiger partial charge in [0.05, 0.1) is 11.4 Å². The Morgan fingerprint density at radius 1 is 0.920 bits per heavy atom. The van der Waals surface area contributed by atoms with E-state index in [1.807, 2.05) is 47.5 Å². The number of benzene rings is 1. The topological polar surface area (TPSA) is 39.7 Å². The van der Waals surface area contributed by atoms with Gasteiger partial charge in [0.15, 0.2) is 0 Å². The molecule has 0 atom stereocenters. The van der Waals surface area contributed by atoms with Crippen LogP contribution in [0.25, 0.3) is 0 Å². The third kappa shape index (κ3) is 3.37. The van der Waals surface area contributed by atoms with E-state index < -0.39 is 0 Å². The van der Waals surface area contributed by atoms with Crippen molar-refractivity contribution in [2.75, 3.05) is 42.5 Å². The molecule has 1 saturated heterocycles. The van der Waals surface area contributed by atoms with E-state index in [1.54, 1.807) is 0 Å². The normalized spacial score (nSPS) is 17.6. The Morgan fingerprint density at radius 2 is 1.68 bits per heavy atom. The Bertz CT molecular complexity index is 727. The standard InChI is InChI=1S/C20H24N4O/c25-20(10-14-22-12-5-6-13-22)24-16-15-23(19-9-3-4-11-21-19)17-7-1-2-8-18(17)24/h1-4,7-9,11H,5-6,10,12-16H2. The quantitative estimate of drug-likeness (QED) is 0.860. The number of likely N-dealkylation sites (tertiary alicyclic amines) is 1. The van der Waals surface area contributed by atoms with Crippen molar-refractivity contribution in [3.8, 4) is 0 Å². The SMILES string of the molecule is O=C(CCN1CCCC1)N1CCN(c2ccccn2)c2ccccc21. The van der Waals surface area contributed by atoms with Crippen LogP contribution in [0.3, 0.4) is 0 Å². The van der Waals surface area contributed by atoms with Gasteiger partial charge in [0.2, 0.25) is 5.91 Å². The van der Waals surface area contributed by atoms with E-state index in [2.05, 4.69) is 20.9 Å². The van der Waals surface area contributed by atoms with Gasteiger partial charge in [-0.05, 0) is 50.2 Å². The molecule has 2 aliphatic heterocycles. The molecule has 1 aromatic heterocycles. The zero-order valence-electron chi connectivity index (χ0n) is 14.5. The highest BCUT2D eigenvalue weighted by Crippen LogP contribution is 2.36. The number of anilines is 3. The van der Waals surface area contributed by atoms with Gasteiger partial charge in [0, 0.05) is 32.3 Å². The average Bonchev–Trinajstić information content (AvgIpc) is 3.19. The second kappa shape index (κ2) is 7.23. The van der Waals surface area contributed by atoms with Crippen LogP contribution in [-0.2, 0) is 4.79 Å². The number of carbonyl (C=O) groups excluding carboxylic acids is 1. The summed E-state index contributed by atoms with van der Waals surface area (Å²) in [5, 5.41) is 0. The molecule has 2 aromatic rings. The van der Waals surface area contributed by atoms with Gasteiger partial charge in [0.1, 0.15) is 5.82 Å². The lowest BCUT2D eigenvalue weighted by Gasteiger charge is -2.37. The molecule has 0 aliphatic carbocycles. The first-order chi connectivity index (χ1) is 12.3. The van der Waals surface area contributed by atoms with Crippen molar-refractivity contribution in [2.24, 2.45) is 0 Å². The minimum Gasteiger partial charge on any atom is -0.323 e. The van der Waals surface area contributed by atoms with Crippen molar-refractivity contribution < 1.29 is 4.79 Å².